The van der Waals surface area contributed by atoms with Crippen molar-refractivity contribution in [1.29, 1.82) is 0 Å². The number of aromatic amines is 1. The Kier molecular flexibility index (Phi) is 4.37. The van der Waals surface area contributed by atoms with E-state index in [1.807, 2.05) is 23.2 Å². The van der Waals surface area contributed by atoms with Gasteiger partial charge < -0.3 is 9.88 Å². The Morgan fingerprint density at radius 3 is 2.79 bits per heavy atom. The maximum Gasteiger partial charge on any atom is 0.241 e. The van der Waals surface area contributed by atoms with Crippen LogP contribution < -0.4 is 10.9 Å². The van der Waals surface area contributed by atoms with E-state index < -0.39 is 0 Å². The highest BCUT2D eigenvalue weighted by molar-refractivity contribution is 5.83. The lowest BCUT2D eigenvalue weighted by molar-refractivity contribution is -0.134. The average molecular weight is 378 g/mol. The lowest BCUT2D eigenvalue weighted by Gasteiger charge is -2.25. The van der Waals surface area contributed by atoms with E-state index in [4.69, 9.17) is 0 Å². The van der Waals surface area contributed by atoms with E-state index in [9.17, 15) is 9.18 Å². The molecule has 5 nitrogen and oxygen atoms in total. The molecule has 0 bridgehead atoms. The summed E-state index contributed by atoms with van der Waals surface area (Å²) in [5, 5.41) is 1.15. The van der Waals surface area contributed by atoms with Gasteiger partial charge in [0.1, 0.15) is 11.9 Å². The summed E-state index contributed by atoms with van der Waals surface area (Å²) in [5.41, 5.74) is 9.02. The first-order chi connectivity index (χ1) is 13.7. The summed E-state index contributed by atoms with van der Waals surface area (Å²) in [5.74, 6) is -0.156. The minimum atomic E-state index is -0.346. The molecule has 2 heterocycles. The highest BCUT2D eigenvalue weighted by Gasteiger charge is 2.39. The molecule has 3 aromatic rings. The molecular weight excluding hydrogens is 355 g/mol. The number of carbonyl (C=O) groups is 1. The van der Waals surface area contributed by atoms with E-state index in [0.717, 1.165) is 29.3 Å². The van der Waals surface area contributed by atoms with Crippen LogP contribution in [0.2, 0.25) is 0 Å². The fraction of sp³-hybridized carbons (Fsp3) is 0.318. The molecule has 0 spiro atoms. The zero-order valence-electron chi connectivity index (χ0n) is 15.5. The molecule has 6 heteroatoms. The van der Waals surface area contributed by atoms with E-state index in [0.29, 0.717) is 24.6 Å². The lowest BCUT2D eigenvalue weighted by Crippen LogP contribution is -2.46. The quantitative estimate of drug-likeness (QED) is 0.638. The van der Waals surface area contributed by atoms with Gasteiger partial charge in [-0.25, -0.2) is 15.2 Å². The molecule has 3 N–H and O–H groups in total. The SMILES string of the molecule is O=C(C1CC(c2ccccc2F)NN1)N(Cc1ccc2[nH]ccc2c1)C1CC1. The van der Waals surface area contributed by atoms with Gasteiger partial charge in [-0.15, -0.1) is 0 Å². The summed E-state index contributed by atoms with van der Waals surface area (Å²) >= 11 is 0. The average Bonchev–Trinajstić information content (AvgIpc) is 3.24. The van der Waals surface area contributed by atoms with Crippen molar-refractivity contribution in [1.82, 2.24) is 20.7 Å². The van der Waals surface area contributed by atoms with Gasteiger partial charge in [0, 0.05) is 29.9 Å². The van der Waals surface area contributed by atoms with Crippen molar-refractivity contribution >= 4 is 16.8 Å². The van der Waals surface area contributed by atoms with Gasteiger partial charge in [-0.1, -0.05) is 24.3 Å². The van der Waals surface area contributed by atoms with Crippen molar-refractivity contribution in [3.8, 4) is 0 Å². The highest BCUT2D eigenvalue weighted by Crippen LogP contribution is 2.32. The van der Waals surface area contributed by atoms with Crippen LogP contribution in [0.15, 0.2) is 54.7 Å². The Balaban J connectivity index is 1.31. The van der Waals surface area contributed by atoms with Gasteiger partial charge in [0.2, 0.25) is 5.91 Å². The number of hydrazine groups is 1. The van der Waals surface area contributed by atoms with Gasteiger partial charge in [-0.2, -0.15) is 0 Å². The molecule has 1 amide bonds. The molecular formula is C22H23FN4O. The van der Waals surface area contributed by atoms with Gasteiger partial charge in [-0.05, 0) is 54.5 Å². The van der Waals surface area contributed by atoms with Crippen LogP contribution in [-0.4, -0.2) is 27.9 Å². The number of hydrogen-bond acceptors (Lipinski definition) is 3. The van der Waals surface area contributed by atoms with Crippen molar-refractivity contribution in [3.63, 3.8) is 0 Å². The van der Waals surface area contributed by atoms with Crippen LogP contribution >= 0.6 is 0 Å². The first-order valence-corrected chi connectivity index (χ1v) is 9.81. The summed E-state index contributed by atoms with van der Waals surface area (Å²) in [6.45, 7) is 0.604. The third-order valence-corrected chi connectivity index (χ3v) is 5.72. The largest absolute Gasteiger partial charge is 0.361 e. The summed E-state index contributed by atoms with van der Waals surface area (Å²) in [4.78, 5) is 18.4. The summed E-state index contributed by atoms with van der Waals surface area (Å²) in [6, 6.07) is 14.8. The Hall–Kier alpha value is -2.70. The molecule has 2 fully saturated rings. The molecule has 2 unspecified atom stereocenters. The van der Waals surface area contributed by atoms with Crippen molar-refractivity contribution in [2.45, 2.75) is 43.9 Å². The predicted octanol–water partition coefficient (Wildman–Crippen LogP) is 3.41. The van der Waals surface area contributed by atoms with Crippen LogP contribution in [0.25, 0.3) is 10.9 Å². The topological polar surface area (TPSA) is 60.2 Å². The van der Waals surface area contributed by atoms with Crippen molar-refractivity contribution in [2.75, 3.05) is 0 Å². The first kappa shape index (κ1) is 17.4. The number of rotatable bonds is 5. The third-order valence-electron chi connectivity index (χ3n) is 5.72. The Morgan fingerprint density at radius 2 is 1.96 bits per heavy atom. The highest BCUT2D eigenvalue weighted by atomic mass is 19.1. The van der Waals surface area contributed by atoms with Crippen LogP contribution in [0, 0.1) is 5.82 Å². The van der Waals surface area contributed by atoms with Gasteiger partial charge in [0.25, 0.3) is 0 Å². The molecule has 2 aliphatic rings. The minimum Gasteiger partial charge on any atom is -0.361 e. The zero-order valence-corrected chi connectivity index (χ0v) is 15.5. The number of nitrogens with one attached hydrogen (secondary N) is 3. The summed E-state index contributed by atoms with van der Waals surface area (Å²) in [6.07, 6.45) is 4.57. The number of halogens is 1. The Labute approximate surface area is 162 Å². The molecule has 0 radical (unpaired) electrons. The normalized spacial score (nSPS) is 21.9. The van der Waals surface area contributed by atoms with Crippen LogP contribution in [0.5, 0.6) is 0 Å². The Morgan fingerprint density at radius 1 is 1.11 bits per heavy atom. The van der Waals surface area contributed by atoms with Crippen LogP contribution in [0.4, 0.5) is 4.39 Å². The van der Waals surface area contributed by atoms with Crippen LogP contribution in [-0.2, 0) is 11.3 Å². The monoisotopic (exact) mass is 378 g/mol. The molecule has 1 saturated carbocycles. The molecule has 2 atom stereocenters. The zero-order chi connectivity index (χ0) is 19.1. The van der Waals surface area contributed by atoms with E-state index in [1.165, 1.54) is 6.07 Å². The second-order valence-electron chi connectivity index (χ2n) is 7.75. The molecule has 1 aliphatic carbocycles. The molecule has 28 heavy (non-hydrogen) atoms. The van der Waals surface area contributed by atoms with Crippen molar-refractivity contribution in [3.05, 3.63) is 71.7 Å². The summed E-state index contributed by atoms with van der Waals surface area (Å²) < 4.78 is 14.1. The van der Waals surface area contributed by atoms with E-state index in [1.54, 1.807) is 12.1 Å². The van der Waals surface area contributed by atoms with Crippen molar-refractivity contribution < 1.29 is 9.18 Å². The summed E-state index contributed by atoms with van der Waals surface area (Å²) in [7, 11) is 0. The first-order valence-electron chi connectivity index (χ1n) is 9.81. The maximum atomic E-state index is 14.1. The number of fused-ring (bicyclic) bond motifs is 1. The van der Waals surface area contributed by atoms with Gasteiger partial charge in [-0.3, -0.25) is 4.79 Å². The van der Waals surface area contributed by atoms with E-state index in [2.05, 4.69) is 34.0 Å². The third kappa shape index (κ3) is 3.30. The van der Waals surface area contributed by atoms with Gasteiger partial charge in [0.15, 0.2) is 0 Å². The number of H-pyrrole nitrogens is 1. The predicted molar refractivity (Wildman–Crippen MR) is 106 cm³/mol. The maximum absolute atomic E-state index is 14.1. The van der Waals surface area contributed by atoms with E-state index >= 15 is 0 Å². The molecule has 1 aromatic heterocycles. The smallest absolute Gasteiger partial charge is 0.241 e. The lowest BCUT2D eigenvalue weighted by atomic mass is 10.0. The number of benzene rings is 2. The molecule has 144 valence electrons. The molecule has 1 saturated heterocycles. The number of hydrogen-bond donors (Lipinski definition) is 3. The molecule has 5 rings (SSSR count). The van der Waals surface area contributed by atoms with Gasteiger partial charge >= 0.3 is 0 Å². The van der Waals surface area contributed by atoms with Crippen LogP contribution in [0.3, 0.4) is 0 Å². The number of nitrogens with zero attached hydrogens (tertiary/aromatic N) is 1. The minimum absolute atomic E-state index is 0.0861. The Bertz CT molecular complexity index is 1010. The van der Waals surface area contributed by atoms with Crippen LogP contribution in [0.1, 0.15) is 36.4 Å². The molecule has 2 aromatic carbocycles. The molecule has 1 aliphatic heterocycles. The number of amides is 1. The van der Waals surface area contributed by atoms with Gasteiger partial charge in [0.05, 0.1) is 6.04 Å². The number of aromatic nitrogens is 1. The second-order valence-corrected chi connectivity index (χ2v) is 7.75. The number of carbonyl (C=O) groups excluding carboxylic acids is 1. The fourth-order valence-electron chi connectivity index (χ4n) is 4.05. The van der Waals surface area contributed by atoms with Crippen molar-refractivity contribution in [2.24, 2.45) is 0 Å². The standard InChI is InChI=1S/C22H23FN4O/c23-18-4-2-1-3-17(18)20-12-21(26-25-20)22(28)27(16-6-7-16)13-14-5-8-19-15(11-14)9-10-24-19/h1-5,8-11,16,20-21,24-26H,6-7,12-13H2. The van der Waals surface area contributed by atoms with E-state index in [-0.39, 0.29) is 23.8 Å². The fourth-order valence-corrected chi connectivity index (χ4v) is 4.05. The second kappa shape index (κ2) is 7.04.